The van der Waals surface area contributed by atoms with Crippen LogP contribution < -0.4 is 5.32 Å². The number of rotatable bonds is 6. The van der Waals surface area contributed by atoms with Crippen LogP contribution >= 0.6 is 0 Å². The van der Waals surface area contributed by atoms with Gasteiger partial charge in [-0.25, -0.2) is 4.98 Å². The Labute approximate surface area is 125 Å². The third kappa shape index (κ3) is 4.91. The number of nitrogens with one attached hydrogen (secondary N) is 2. The first-order valence-electron chi connectivity index (χ1n) is 7.19. The van der Waals surface area contributed by atoms with E-state index in [1.165, 1.54) is 0 Å². The van der Waals surface area contributed by atoms with Crippen molar-refractivity contribution in [3.05, 3.63) is 59.7 Å². The molecule has 0 aliphatic carbocycles. The maximum absolute atomic E-state index is 12.0. The van der Waals surface area contributed by atoms with Crippen molar-refractivity contribution in [1.82, 2.24) is 15.3 Å². The predicted molar refractivity (Wildman–Crippen MR) is 84.9 cm³/mol. The molecule has 110 valence electrons. The van der Waals surface area contributed by atoms with E-state index in [1.54, 1.807) is 12.5 Å². The van der Waals surface area contributed by atoms with Crippen LogP contribution in [0.4, 0.5) is 0 Å². The third-order valence-corrected chi connectivity index (χ3v) is 3.08. The Balaban J connectivity index is 1.84. The fourth-order valence-corrected chi connectivity index (χ4v) is 1.88. The van der Waals surface area contributed by atoms with Crippen molar-refractivity contribution in [1.29, 1.82) is 0 Å². The number of hydrogen-bond donors (Lipinski definition) is 2. The van der Waals surface area contributed by atoms with Crippen LogP contribution in [0.15, 0.2) is 42.9 Å². The molecule has 4 heteroatoms. The lowest BCUT2D eigenvalue weighted by Crippen LogP contribution is -2.25. The van der Waals surface area contributed by atoms with Crippen LogP contribution in [0.5, 0.6) is 0 Å². The normalized spacial score (nSPS) is 11.2. The molecule has 2 N–H and O–H groups in total. The highest BCUT2D eigenvalue weighted by molar-refractivity contribution is 5.94. The highest BCUT2D eigenvalue weighted by atomic mass is 16.1. The molecule has 0 aliphatic rings. The summed E-state index contributed by atoms with van der Waals surface area (Å²) in [7, 11) is 0. The Morgan fingerprint density at radius 3 is 2.71 bits per heavy atom. The summed E-state index contributed by atoms with van der Waals surface area (Å²) in [6.07, 6.45) is 8.37. The SMILES string of the molecule is CC(C)/C=C/c1ccc(C(=O)NCCc2cnc[nH]2)cc1. The molecule has 0 atom stereocenters. The van der Waals surface area contributed by atoms with Gasteiger partial charge < -0.3 is 10.3 Å². The second-order valence-corrected chi connectivity index (χ2v) is 5.31. The van der Waals surface area contributed by atoms with Gasteiger partial charge in [0.25, 0.3) is 5.91 Å². The monoisotopic (exact) mass is 283 g/mol. The quantitative estimate of drug-likeness (QED) is 0.856. The number of H-pyrrole nitrogens is 1. The summed E-state index contributed by atoms with van der Waals surface area (Å²) in [5.41, 5.74) is 2.81. The first-order chi connectivity index (χ1) is 10.1. The molecule has 1 aromatic heterocycles. The highest BCUT2D eigenvalue weighted by Gasteiger charge is 2.04. The number of allylic oxidation sites excluding steroid dienone is 1. The number of nitrogens with zero attached hydrogens (tertiary/aromatic N) is 1. The molecule has 0 unspecified atom stereocenters. The van der Waals surface area contributed by atoms with Crippen molar-refractivity contribution >= 4 is 12.0 Å². The first-order valence-corrected chi connectivity index (χ1v) is 7.19. The molecule has 21 heavy (non-hydrogen) atoms. The van der Waals surface area contributed by atoms with Crippen LogP contribution in [0.1, 0.15) is 35.5 Å². The van der Waals surface area contributed by atoms with Gasteiger partial charge in [0.2, 0.25) is 0 Å². The molecule has 0 fully saturated rings. The molecule has 0 bridgehead atoms. The van der Waals surface area contributed by atoms with E-state index in [1.807, 2.05) is 24.3 Å². The Hall–Kier alpha value is -2.36. The predicted octanol–water partition coefficient (Wildman–Crippen LogP) is 3.05. The lowest BCUT2D eigenvalue weighted by Gasteiger charge is -2.05. The van der Waals surface area contributed by atoms with Gasteiger partial charge in [-0.2, -0.15) is 0 Å². The van der Waals surface area contributed by atoms with Gasteiger partial charge in [-0.05, 0) is 23.6 Å². The maximum atomic E-state index is 12.0. The average molecular weight is 283 g/mol. The summed E-state index contributed by atoms with van der Waals surface area (Å²) >= 11 is 0. The molecule has 0 saturated heterocycles. The van der Waals surface area contributed by atoms with E-state index in [-0.39, 0.29) is 5.91 Å². The summed E-state index contributed by atoms with van der Waals surface area (Å²) in [6.45, 7) is 4.87. The summed E-state index contributed by atoms with van der Waals surface area (Å²) in [5, 5.41) is 2.90. The number of amides is 1. The van der Waals surface area contributed by atoms with Gasteiger partial charge >= 0.3 is 0 Å². The van der Waals surface area contributed by atoms with Gasteiger partial charge in [-0.3, -0.25) is 4.79 Å². The van der Waals surface area contributed by atoms with Crippen LogP contribution in [0.2, 0.25) is 0 Å². The van der Waals surface area contributed by atoms with E-state index in [2.05, 4.69) is 41.3 Å². The van der Waals surface area contributed by atoms with Crippen molar-refractivity contribution in [2.75, 3.05) is 6.54 Å². The molecule has 0 saturated carbocycles. The molecule has 0 radical (unpaired) electrons. The summed E-state index contributed by atoms with van der Waals surface area (Å²) in [4.78, 5) is 18.9. The van der Waals surface area contributed by atoms with Crippen LogP contribution in [0, 0.1) is 5.92 Å². The molecule has 2 rings (SSSR count). The molecule has 0 spiro atoms. The summed E-state index contributed by atoms with van der Waals surface area (Å²) in [6, 6.07) is 7.63. The number of aromatic nitrogens is 2. The van der Waals surface area contributed by atoms with Gasteiger partial charge in [-0.15, -0.1) is 0 Å². The van der Waals surface area contributed by atoms with E-state index in [9.17, 15) is 4.79 Å². The molecular formula is C17H21N3O. The molecular weight excluding hydrogens is 262 g/mol. The van der Waals surface area contributed by atoms with Gasteiger partial charge in [-0.1, -0.05) is 38.1 Å². The van der Waals surface area contributed by atoms with Crippen molar-refractivity contribution in [3.8, 4) is 0 Å². The van der Waals surface area contributed by atoms with Crippen molar-refractivity contribution in [2.24, 2.45) is 5.92 Å². The lowest BCUT2D eigenvalue weighted by molar-refractivity contribution is 0.0954. The van der Waals surface area contributed by atoms with E-state index in [4.69, 9.17) is 0 Å². The summed E-state index contributed by atoms with van der Waals surface area (Å²) in [5.74, 6) is 0.476. The highest BCUT2D eigenvalue weighted by Crippen LogP contribution is 2.08. The van der Waals surface area contributed by atoms with E-state index in [0.29, 0.717) is 18.0 Å². The van der Waals surface area contributed by atoms with Gasteiger partial charge in [0.15, 0.2) is 0 Å². The Morgan fingerprint density at radius 2 is 2.10 bits per heavy atom. The maximum Gasteiger partial charge on any atom is 0.251 e. The molecule has 4 nitrogen and oxygen atoms in total. The number of benzene rings is 1. The molecule has 2 aromatic rings. The van der Waals surface area contributed by atoms with Gasteiger partial charge in [0, 0.05) is 30.4 Å². The zero-order chi connectivity index (χ0) is 15.1. The van der Waals surface area contributed by atoms with E-state index < -0.39 is 0 Å². The second kappa shape index (κ2) is 7.43. The molecule has 1 heterocycles. The minimum atomic E-state index is -0.0473. The van der Waals surface area contributed by atoms with Crippen molar-refractivity contribution < 1.29 is 4.79 Å². The van der Waals surface area contributed by atoms with Crippen molar-refractivity contribution in [2.45, 2.75) is 20.3 Å². The standard InChI is InChI=1S/C17H21N3O/c1-13(2)3-4-14-5-7-15(8-6-14)17(21)19-10-9-16-11-18-12-20-16/h3-8,11-13H,9-10H2,1-2H3,(H,18,20)(H,19,21)/b4-3+. The van der Waals surface area contributed by atoms with Crippen LogP contribution in [0.3, 0.4) is 0 Å². The van der Waals surface area contributed by atoms with E-state index >= 15 is 0 Å². The van der Waals surface area contributed by atoms with Crippen LogP contribution in [-0.4, -0.2) is 22.4 Å². The van der Waals surface area contributed by atoms with Gasteiger partial charge in [0.05, 0.1) is 6.33 Å². The second-order valence-electron chi connectivity index (χ2n) is 5.31. The molecule has 1 aromatic carbocycles. The van der Waals surface area contributed by atoms with Crippen LogP contribution in [0.25, 0.3) is 6.08 Å². The Kier molecular flexibility index (Phi) is 5.32. The van der Waals surface area contributed by atoms with Gasteiger partial charge in [0.1, 0.15) is 0 Å². The number of imidazole rings is 1. The minimum absolute atomic E-state index is 0.0473. The Bertz CT molecular complexity index is 583. The zero-order valence-corrected chi connectivity index (χ0v) is 12.5. The largest absolute Gasteiger partial charge is 0.352 e. The third-order valence-electron chi connectivity index (χ3n) is 3.08. The smallest absolute Gasteiger partial charge is 0.251 e. The Morgan fingerprint density at radius 1 is 1.33 bits per heavy atom. The van der Waals surface area contributed by atoms with Crippen molar-refractivity contribution in [3.63, 3.8) is 0 Å². The topological polar surface area (TPSA) is 57.8 Å². The number of carbonyl (C=O) groups excluding carboxylic acids is 1. The number of hydrogen-bond acceptors (Lipinski definition) is 2. The minimum Gasteiger partial charge on any atom is -0.352 e. The number of carbonyl (C=O) groups is 1. The fraction of sp³-hybridized carbons (Fsp3) is 0.294. The fourth-order valence-electron chi connectivity index (χ4n) is 1.88. The van der Waals surface area contributed by atoms with E-state index in [0.717, 1.165) is 17.7 Å². The van der Waals surface area contributed by atoms with Crippen LogP contribution in [-0.2, 0) is 6.42 Å². The zero-order valence-electron chi connectivity index (χ0n) is 12.5. The average Bonchev–Trinajstić information content (AvgIpc) is 2.99. The molecule has 1 amide bonds. The lowest BCUT2D eigenvalue weighted by atomic mass is 10.1. The molecule has 0 aliphatic heterocycles. The summed E-state index contributed by atoms with van der Waals surface area (Å²) < 4.78 is 0. The first kappa shape index (κ1) is 15.0. The number of aromatic amines is 1.